The van der Waals surface area contributed by atoms with Gasteiger partial charge in [-0.1, -0.05) is 20.8 Å². The lowest BCUT2D eigenvalue weighted by Crippen LogP contribution is -2.30. The van der Waals surface area contributed by atoms with E-state index in [0.717, 1.165) is 22.6 Å². The van der Waals surface area contributed by atoms with Gasteiger partial charge in [0.2, 0.25) is 0 Å². The number of hydrogen-bond acceptors (Lipinski definition) is 6. The highest BCUT2D eigenvalue weighted by molar-refractivity contribution is 8.93. The van der Waals surface area contributed by atoms with Gasteiger partial charge in [-0.3, -0.25) is 15.0 Å². The number of halogens is 1. The number of benzene rings is 2. The van der Waals surface area contributed by atoms with Gasteiger partial charge in [-0.05, 0) is 56.0 Å². The molecule has 0 saturated heterocycles. The Labute approximate surface area is 230 Å². The number of Topliss-reactive ketones (excluding diaryl/α,β-unsaturated/α-hetero) is 1. The van der Waals surface area contributed by atoms with Crippen LogP contribution >= 0.6 is 17.0 Å². The molecule has 3 N–H and O–H groups in total. The number of carbonyl (C=O) groups is 2. The number of amidine groups is 1. The molecule has 37 heavy (non-hydrogen) atoms. The molecule has 0 unspecified atom stereocenters. The molecule has 0 aromatic heterocycles. The average Bonchev–Trinajstić information content (AvgIpc) is 3.10. The summed E-state index contributed by atoms with van der Waals surface area (Å²) in [5.74, 6) is 1.06. The first kappa shape index (κ1) is 30.2. The maximum absolute atomic E-state index is 13.5. The topological polar surface area (TPSA) is 104 Å². The first-order valence-electron chi connectivity index (χ1n) is 12.3. The second kappa shape index (κ2) is 12.0. The Morgan fingerprint density at radius 3 is 2.38 bits per heavy atom. The van der Waals surface area contributed by atoms with Crippen molar-refractivity contribution in [2.24, 2.45) is 0 Å². The van der Waals surface area contributed by atoms with Crippen LogP contribution in [0.4, 0.5) is 5.69 Å². The quantitative estimate of drug-likeness (QED) is 0.357. The summed E-state index contributed by atoms with van der Waals surface area (Å²) in [6.45, 7) is 13.1. The third-order valence-corrected chi connectivity index (χ3v) is 6.11. The molecular formula is C28H39BrN4O4. The van der Waals surface area contributed by atoms with Crippen molar-refractivity contribution in [1.82, 2.24) is 10.2 Å². The summed E-state index contributed by atoms with van der Waals surface area (Å²) in [6.07, 6.45) is 0. The van der Waals surface area contributed by atoms with Gasteiger partial charge < -0.3 is 25.0 Å². The number of methoxy groups -OCH3 is 1. The van der Waals surface area contributed by atoms with Crippen LogP contribution in [0.25, 0.3) is 0 Å². The van der Waals surface area contributed by atoms with Gasteiger partial charge in [0.1, 0.15) is 17.3 Å². The number of nitrogens with zero attached hydrogens (tertiary/aromatic N) is 1. The van der Waals surface area contributed by atoms with E-state index in [0.29, 0.717) is 35.6 Å². The molecule has 8 nitrogen and oxygen atoms in total. The lowest BCUT2D eigenvalue weighted by atomic mass is 9.84. The summed E-state index contributed by atoms with van der Waals surface area (Å²) in [4.78, 5) is 27.6. The molecule has 2 aromatic rings. The number of amides is 1. The summed E-state index contributed by atoms with van der Waals surface area (Å²) in [6, 6.07) is 7.38. The van der Waals surface area contributed by atoms with Gasteiger partial charge in [-0.15, -0.1) is 17.0 Å². The number of anilines is 1. The molecule has 0 saturated carbocycles. The lowest BCUT2D eigenvalue weighted by molar-refractivity contribution is 0.0953. The zero-order valence-electron chi connectivity index (χ0n) is 23.0. The lowest BCUT2D eigenvalue weighted by Gasteiger charge is -2.26. The number of rotatable bonds is 9. The molecule has 1 aliphatic rings. The van der Waals surface area contributed by atoms with E-state index in [1.165, 1.54) is 0 Å². The van der Waals surface area contributed by atoms with Crippen LogP contribution in [0.1, 0.15) is 78.9 Å². The van der Waals surface area contributed by atoms with E-state index in [-0.39, 0.29) is 52.5 Å². The van der Waals surface area contributed by atoms with Gasteiger partial charge in [-0.25, -0.2) is 0 Å². The SMILES string of the molecule is Br.CCOc1cc2c(cc1C(=O)NC)C(=N)N(CC(=O)c1cc(NC(C)C)c(OC)c(C(C)(C)C)c1)C2. The van der Waals surface area contributed by atoms with E-state index in [1.807, 2.05) is 32.9 Å². The normalized spacial score (nSPS) is 12.7. The molecule has 0 bridgehead atoms. The van der Waals surface area contributed by atoms with Crippen LogP contribution in [0.2, 0.25) is 0 Å². The Bertz CT molecular complexity index is 1190. The predicted octanol–water partition coefficient (Wildman–Crippen LogP) is 5.17. The first-order chi connectivity index (χ1) is 16.9. The van der Waals surface area contributed by atoms with Crippen LogP contribution in [-0.2, 0) is 12.0 Å². The van der Waals surface area contributed by atoms with Crippen molar-refractivity contribution in [1.29, 1.82) is 5.41 Å². The fraction of sp³-hybridized carbons (Fsp3) is 0.464. The zero-order chi connectivity index (χ0) is 26.8. The van der Waals surface area contributed by atoms with E-state index in [9.17, 15) is 9.59 Å². The van der Waals surface area contributed by atoms with Gasteiger partial charge in [0.15, 0.2) is 5.78 Å². The van der Waals surface area contributed by atoms with E-state index >= 15 is 0 Å². The molecule has 0 radical (unpaired) electrons. The van der Waals surface area contributed by atoms with Crippen molar-refractivity contribution >= 4 is 40.2 Å². The maximum atomic E-state index is 13.5. The first-order valence-corrected chi connectivity index (χ1v) is 12.3. The van der Waals surface area contributed by atoms with E-state index in [4.69, 9.17) is 14.9 Å². The van der Waals surface area contributed by atoms with Gasteiger partial charge in [0.25, 0.3) is 5.91 Å². The fourth-order valence-electron chi connectivity index (χ4n) is 4.40. The zero-order valence-corrected chi connectivity index (χ0v) is 24.7. The number of ether oxygens (including phenoxy) is 2. The van der Waals surface area contributed by atoms with Gasteiger partial charge in [0.05, 0.1) is 31.5 Å². The minimum atomic E-state index is -0.276. The molecule has 0 spiro atoms. The Balaban J connectivity index is 0.00000481. The van der Waals surface area contributed by atoms with Gasteiger partial charge >= 0.3 is 0 Å². The molecule has 1 amide bonds. The largest absolute Gasteiger partial charge is 0.494 e. The Morgan fingerprint density at radius 2 is 1.84 bits per heavy atom. The number of carbonyl (C=O) groups excluding carboxylic acids is 2. The predicted molar refractivity (Wildman–Crippen MR) is 153 cm³/mol. The van der Waals surface area contributed by atoms with E-state index in [2.05, 4.69) is 31.4 Å². The minimum Gasteiger partial charge on any atom is -0.494 e. The molecule has 1 heterocycles. The Hall–Kier alpha value is -3.07. The summed E-state index contributed by atoms with van der Waals surface area (Å²) in [7, 11) is 3.20. The monoisotopic (exact) mass is 574 g/mol. The van der Waals surface area contributed by atoms with Crippen molar-refractivity contribution in [2.75, 3.05) is 32.6 Å². The maximum Gasteiger partial charge on any atom is 0.254 e. The molecule has 0 aliphatic carbocycles. The molecule has 0 atom stereocenters. The van der Waals surface area contributed by atoms with Crippen molar-refractivity contribution in [3.05, 3.63) is 52.1 Å². The number of hydrogen-bond donors (Lipinski definition) is 3. The van der Waals surface area contributed by atoms with E-state index < -0.39 is 0 Å². The highest BCUT2D eigenvalue weighted by Gasteiger charge is 2.30. The third kappa shape index (κ3) is 6.44. The third-order valence-electron chi connectivity index (χ3n) is 6.11. The van der Waals surface area contributed by atoms with Crippen molar-refractivity contribution in [2.45, 2.75) is 59.5 Å². The second-order valence-corrected chi connectivity index (χ2v) is 10.3. The molecule has 202 valence electrons. The van der Waals surface area contributed by atoms with Crippen molar-refractivity contribution < 1.29 is 19.1 Å². The van der Waals surface area contributed by atoms with Crippen LogP contribution in [-0.4, -0.2) is 55.8 Å². The van der Waals surface area contributed by atoms with Crippen LogP contribution in [0, 0.1) is 5.41 Å². The fourth-order valence-corrected chi connectivity index (χ4v) is 4.40. The highest BCUT2D eigenvalue weighted by atomic mass is 79.9. The molecule has 2 aromatic carbocycles. The van der Waals surface area contributed by atoms with Crippen LogP contribution in [0.15, 0.2) is 24.3 Å². The van der Waals surface area contributed by atoms with Crippen LogP contribution in [0.5, 0.6) is 11.5 Å². The molecule has 0 fully saturated rings. The molecular weight excluding hydrogens is 536 g/mol. The smallest absolute Gasteiger partial charge is 0.254 e. The average molecular weight is 576 g/mol. The second-order valence-electron chi connectivity index (χ2n) is 10.3. The van der Waals surface area contributed by atoms with Gasteiger partial charge in [-0.2, -0.15) is 0 Å². The Kier molecular flexibility index (Phi) is 9.77. The van der Waals surface area contributed by atoms with Crippen molar-refractivity contribution in [3.8, 4) is 11.5 Å². The highest BCUT2D eigenvalue weighted by Crippen LogP contribution is 2.39. The van der Waals surface area contributed by atoms with E-state index in [1.54, 1.807) is 31.2 Å². The van der Waals surface area contributed by atoms with Crippen LogP contribution in [0.3, 0.4) is 0 Å². The Morgan fingerprint density at radius 1 is 1.16 bits per heavy atom. The number of fused-ring (bicyclic) bond motifs is 1. The summed E-state index contributed by atoms with van der Waals surface area (Å²) < 4.78 is 11.4. The summed E-state index contributed by atoms with van der Waals surface area (Å²) in [5.41, 5.74) is 3.92. The number of ketones is 1. The van der Waals surface area contributed by atoms with Crippen molar-refractivity contribution in [3.63, 3.8) is 0 Å². The molecule has 1 aliphatic heterocycles. The summed E-state index contributed by atoms with van der Waals surface area (Å²) >= 11 is 0. The standard InChI is InChI=1S/C28H38N4O4.BrH/c1-9-36-24-12-18-14-32(26(29)19(18)13-20(24)27(34)30-7)15-23(33)17-10-21(28(4,5)6)25(35-8)22(11-17)31-16(2)3;/h10-13,16,29,31H,9,14-15H2,1-8H3,(H,30,34);1H. The van der Waals surface area contributed by atoms with Gasteiger partial charge in [0, 0.05) is 36.3 Å². The van der Waals surface area contributed by atoms with Crippen LogP contribution < -0.4 is 20.1 Å². The molecule has 3 rings (SSSR count). The summed E-state index contributed by atoms with van der Waals surface area (Å²) in [5, 5.41) is 14.7. The number of nitrogens with one attached hydrogen (secondary N) is 3. The molecule has 9 heteroatoms. The minimum absolute atomic E-state index is 0.